The molecule has 1 aromatic heterocycles. The van der Waals surface area contributed by atoms with Crippen LogP contribution in [-0.2, 0) is 6.54 Å². The SMILES string of the molecule is O=C(NCc1ccnc(OC(F)F)c1)N[C@H]1CC[C@](O)(C(F)(F)F)C1. The minimum absolute atomic E-state index is 0.00887. The number of ether oxygens (including phenoxy) is 1. The maximum atomic E-state index is 12.7. The monoisotopic (exact) mass is 369 g/mol. The van der Waals surface area contributed by atoms with Gasteiger partial charge in [-0.05, 0) is 24.5 Å². The molecule has 2 atom stereocenters. The summed E-state index contributed by atoms with van der Waals surface area (Å²) in [5.41, 5.74) is -2.38. The van der Waals surface area contributed by atoms with Crippen LogP contribution in [-0.4, -0.2) is 40.6 Å². The van der Waals surface area contributed by atoms with E-state index in [0.29, 0.717) is 5.56 Å². The van der Waals surface area contributed by atoms with Crippen molar-refractivity contribution in [3.63, 3.8) is 0 Å². The number of carbonyl (C=O) groups is 1. The average molecular weight is 369 g/mol. The largest absolute Gasteiger partial charge is 0.417 e. The van der Waals surface area contributed by atoms with Gasteiger partial charge in [-0.25, -0.2) is 9.78 Å². The van der Waals surface area contributed by atoms with E-state index in [1.54, 1.807) is 0 Å². The molecule has 2 rings (SSSR count). The van der Waals surface area contributed by atoms with Gasteiger partial charge in [-0.1, -0.05) is 0 Å². The smallest absolute Gasteiger partial charge is 0.417 e. The number of aromatic nitrogens is 1. The first-order valence-electron chi connectivity index (χ1n) is 7.32. The number of carbonyl (C=O) groups excluding carboxylic acids is 1. The minimum atomic E-state index is -4.75. The van der Waals surface area contributed by atoms with Crippen molar-refractivity contribution in [2.24, 2.45) is 0 Å². The first-order valence-corrected chi connectivity index (χ1v) is 7.32. The predicted molar refractivity (Wildman–Crippen MR) is 74.9 cm³/mol. The van der Waals surface area contributed by atoms with Gasteiger partial charge in [0, 0.05) is 31.3 Å². The van der Waals surface area contributed by atoms with Crippen molar-refractivity contribution in [3.05, 3.63) is 23.9 Å². The molecule has 1 saturated carbocycles. The van der Waals surface area contributed by atoms with Crippen LogP contribution in [0.2, 0.25) is 0 Å². The molecule has 2 amide bonds. The van der Waals surface area contributed by atoms with Crippen LogP contribution in [0.1, 0.15) is 24.8 Å². The molecule has 1 heterocycles. The minimum Gasteiger partial charge on any atom is -0.417 e. The standard InChI is InChI=1S/C14H16F5N3O3/c15-11(16)25-10-5-8(2-4-20-10)7-21-12(23)22-9-1-3-13(24,6-9)14(17,18)19/h2,4-5,9,11,24H,1,3,6-7H2,(H2,21,22,23)/t9-,13+/m0/s1. The third kappa shape index (κ3) is 5.15. The summed E-state index contributed by atoms with van der Waals surface area (Å²) in [6.45, 7) is -3.10. The van der Waals surface area contributed by atoms with Gasteiger partial charge in [-0.3, -0.25) is 0 Å². The molecule has 0 bridgehead atoms. The highest BCUT2D eigenvalue weighted by Crippen LogP contribution is 2.42. The molecular formula is C14H16F5N3O3. The van der Waals surface area contributed by atoms with Crippen LogP contribution in [0.3, 0.4) is 0 Å². The zero-order chi connectivity index (χ0) is 18.7. The molecule has 1 fully saturated rings. The summed E-state index contributed by atoms with van der Waals surface area (Å²) in [5, 5.41) is 14.3. The van der Waals surface area contributed by atoms with Crippen molar-refractivity contribution in [2.45, 2.75) is 50.2 Å². The lowest BCUT2D eigenvalue weighted by Gasteiger charge is -2.25. The molecule has 0 radical (unpaired) electrons. The molecule has 1 aromatic rings. The summed E-state index contributed by atoms with van der Waals surface area (Å²) < 4.78 is 66.4. The van der Waals surface area contributed by atoms with Gasteiger partial charge < -0.3 is 20.5 Å². The number of halogens is 5. The molecule has 11 heteroatoms. The van der Waals surface area contributed by atoms with Crippen LogP contribution in [0.5, 0.6) is 5.88 Å². The lowest BCUT2D eigenvalue weighted by atomic mass is 10.0. The van der Waals surface area contributed by atoms with Gasteiger partial charge in [0.2, 0.25) is 5.88 Å². The molecule has 25 heavy (non-hydrogen) atoms. The molecule has 0 aromatic carbocycles. The molecule has 0 aliphatic heterocycles. The number of amides is 2. The molecule has 0 spiro atoms. The van der Waals surface area contributed by atoms with Gasteiger partial charge in [0.25, 0.3) is 0 Å². The van der Waals surface area contributed by atoms with Crippen molar-refractivity contribution in [2.75, 3.05) is 0 Å². The van der Waals surface area contributed by atoms with Crippen LogP contribution < -0.4 is 15.4 Å². The number of aliphatic hydroxyl groups is 1. The molecule has 1 aliphatic carbocycles. The number of nitrogens with zero attached hydrogens (tertiary/aromatic N) is 1. The Morgan fingerprint density at radius 1 is 1.48 bits per heavy atom. The summed E-state index contributed by atoms with van der Waals surface area (Å²) in [7, 11) is 0. The fourth-order valence-corrected chi connectivity index (χ4v) is 2.54. The van der Waals surface area contributed by atoms with Crippen molar-refractivity contribution < 1.29 is 36.6 Å². The first-order chi connectivity index (χ1) is 11.6. The van der Waals surface area contributed by atoms with E-state index in [4.69, 9.17) is 0 Å². The summed E-state index contributed by atoms with van der Waals surface area (Å²) in [6.07, 6.45) is -4.65. The van der Waals surface area contributed by atoms with Gasteiger partial charge in [0.05, 0.1) is 0 Å². The van der Waals surface area contributed by atoms with Gasteiger partial charge in [0.15, 0.2) is 5.60 Å². The average Bonchev–Trinajstić information content (AvgIpc) is 2.87. The Bertz CT molecular complexity index is 614. The van der Waals surface area contributed by atoms with E-state index >= 15 is 0 Å². The Kier molecular flexibility index (Phi) is 5.65. The van der Waals surface area contributed by atoms with Gasteiger partial charge in [-0.15, -0.1) is 0 Å². The highest BCUT2D eigenvalue weighted by Gasteiger charge is 2.57. The maximum Gasteiger partial charge on any atom is 0.417 e. The number of alkyl halides is 5. The molecule has 6 nitrogen and oxygen atoms in total. The quantitative estimate of drug-likeness (QED) is 0.696. The summed E-state index contributed by atoms with van der Waals surface area (Å²) in [5.74, 6) is -0.319. The Balaban J connectivity index is 1.82. The fourth-order valence-electron chi connectivity index (χ4n) is 2.54. The second-order valence-corrected chi connectivity index (χ2v) is 5.68. The number of rotatable bonds is 5. The number of hydrogen-bond donors (Lipinski definition) is 3. The third-order valence-electron chi connectivity index (χ3n) is 3.82. The van der Waals surface area contributed by atoms with Crippen molar-refractivity contribution in [1.82, 2.24) is 15.6 Å². The second kappa shape index (κ2) is 7.38. The van der Waals surface area contributed by atoms with E-state index in [1.165, 1.54) is 18.3 Å². The van der Waals surface area contributed by atoms with Crippen LogP contribution in [0.15, 0.2) is 18.3 Å². The molecular weight excluding hydrogens is 353 g/mol. The van der Waals surface area contributed by atoms with Gasteiger partial charge >= 0.3 is 18.8 Å². The van der Waals surface area contributed by atoms with E-state index in [1.807, 2.05) is 0 Å². The lowest BCUT2D eigenvalue weighted by Crippen LogP contribution is -2.46. The predicted octanol–water partition coefficient (Wildman–Crippen LogP) is 2.33. The van der Waals surface area contributed by atoms with Crippen molar-refractivity contribution in [3.8, 4) is 5.88 Å². The number of hydrogen-bond acceptors (Lipinski definition) is 4. The van der Waals surface area contributed by atoms with Crippen LogP contribution in [0.4, 0.5) is 26.7 Å². The van der Waals surface area contributed by atoms with Crippen LogP contribution in [0.25, 0.3) is 0 Å². The molecule has 140 valence electrons. The molecule has 0 unspecified atom stereocenters. The molecule has 1 aliphatic rings. The molecule has 3 N–H and O–H groups in total. The van der Waals surface area contributed by atoms with Gasteiger partial charge in [0.1, 0.15) is 0 Å². The Morgan fingerprint density at radius 3 is 2.80 bits per heavy atom. The summed E-state index contributed by atoms with van der Waals surface area (Å²) >= 11 is 0. The van der Waals surface area contributed by atoms with E-state index in [2.05, 4.69) is 20.4 Å². The maximum absolute atomic E-state index is 12.7. The third-order valence-corrected chi connectivity index (χ3v) is 3.82. The first kappa shape index (κ1) is 19.2. The Morgan fingerprint density at radius 2 is 2.20 bits per heavy atom. The lowest BCUT2D eigenvalue weighted by molar-refractivity contribution is -0.257. The number of nitrogens with one attached hydrogen (secondary N) is 2. The highest BCUT2D eigenvalue weighted by atomic mass is 19.4. The van der Waals surface area contributed by atoms with Gasteiger partial charge in [-0.2, -0.15) is 22.0 Å². The Labute approximate surface area is 139 Å². The number of pyridine rings is 1. The topological polar surface area (TPSA) is 83.5 Å². The van der Waals surface area contributed by atoms with E-state index < -0.39 is 43.3 Å². The van der Waals surface area contributed by atoms with E-state index in [-0.39, 0.29) is 18.8 Å². The summed E-state index contributed by atoms with van der Waals surface area (Å²) in [4.78, 5) is 15.3. The van der Waals surface area contributed by atoms with Crippen LogP contribution in [0, 0.1) is 0 Å². The van der Waals surface area contributed by atoms with Crippen molar-refractivity contribution in [1.29, 1.82) is 0 Å². The zero-order valence-electron chi connectivity index (χ0n) is 12.8. The van der Waals surface area contributed by atoms with E-state index in [0.717, 1.165) is 0 Å². The Hall–Kier alpha value is -2.17. The molecule has 0 saturated heterocycles. The second-order valence-electron chi connectivity index (χ2n) is 5.68. The number of urea groups is 1. The fraction of sp³-hybridized carbons (Fsp3) is 0.571. The summed E-state index contributed by atoms with van der Waals surface area (Å²) in [6, 6.07) is 1.10. The zero-order valence-corrected chi connectivity index (χ0v) is 12.8. The normalized spacial score (nSPS) is 23.6. The van der Waals surface area contributed by atoms with Crippen LogP contribution >= 0.6 is 0 Å². The van der Waals surface area contributed by atoms with Crippen molar-refractivity contribution >= 4 is 6.03 Å². The highest BCUT2D eigenvalue weighted by molar-refractivity contribution is 5.74. The van der Waals surface area contributed by atoms with E-state index in [9.17, 15) is 31.9 Å².